The molecule has 0 amide bonds. The largest absolute Gasteiger partial charge is 0.493 e. The number of hydrogen-bond acceptors (Lipinski definition) is 5. The van der Waals surface area contributed by atoms with E-state index >= 15 is 0 Å². The molecular formula is C28H31NO4S. The van der Waals surface area contributed by atoms with E-state index < -0.39 is 5.97 Å². The number of aromatic nitrogens is 1. The van der Waals surface area contributed by atoms with Crippen molar-refractivity contribution in [2.75, 3.05) is 12.9 Å². The average Bonchev–Trinajstić information content (AvgIpc) is 3.18. The summed E-state index contributed by atoms with van der Waals surface area (Å²) in [6.07, 6.45) is 6.44. The van der Waals surface area contributed by atoms with Crippen LogP contribution in [0.1, 0.15) is 49.3 Å². The Morgan fingerprint density at radius 3 is 2.71 bits per heavy atom. The minimum Gasteiger partial charge on any atom is -0.493 e. The molecule has 5 nitrogen and oxygen atoms in total. The van der Waals surface area contributed by atoms with Gasteiger partial charge in [-0.3, -0.25) is 4.79 Å². The van der Waals surface area contributed by atoms with Crippen LogP contribution < -0.4 is 4.74 Å². The second-order valence-electron chi connectivity index (χ2n) is 9.23. The number of oxazole rings is 1. The van der Waals surface area contributed by atoms with Gasteiger partial charge in [0.25, 0.3) is 0 Å². The van der Waals surface area contributed by atoms with E-state index in [2.05, 4.69) is 38.3 Å². The molecule has 0 aliphatic heterocycles. The number of rotatable bonds is 8. The maximum absolute atomic E-state index is 11.2. The molecule has 1 N–H and O–H groups in total. The van der Waals surface area contributed by atoms with Gasteiger partial charge in [0.2, 0.25) is 5.89 Å². The molecule has 0 radical (unpaired) electrons. The van der Waals surface area contributed by atoms with Crippen LogP contribution in [0.5, 0.6) is 5.75 Å². The molecule has 0 atom stereocenters. The maximum atomic E-state index is 11.2. The average molecular weight is 478 g/mol. The number of allylic oxidation sites excluding steroid dienone is 1. The van der Waals surface area contributed by atoms with Crippen LogP contribution in [0, 0.1) is 12.3 Å². The van der Waals surface area contributed by atoms with Gasteiger partial charge in [-0.2, -0.15) is 0 Å². The number of aryl methyl sites for hydroxylation is 1. The molecule has 1 aliphatic rings. The summed E-state index contributed by atoms with van der Waals surface area (Å²) in [5.74, 6) is 1.49. The van der Waals surface area contributed by atoms with Gasteiger partial charge in [0.15, 0.2) is 0 Å². The molecular weight excluding hydrogens is 446 g/mol. The second kappa shape index (κ2) is 10.1. The number of benzene rings is 2. The van der Waals surface area contributed by atoms with E-state index in [4.69, 9.17) is 14.1 Å². The predicted octanol–water partition coefficient (Wildman–Crippen LogP) is 6.82. The highest BCUT2D eigenvalue weighted by atomic mass is 32.2. The molecule has 34 heavy (non-hydrogen) atoms. The first-order chi connectivity index (χ1) is 16.3. The molecule has 0 bridgehead atoms. The maximum Gasteiger partial charge on any atom is 0.307 e. The smallest absolute Gasteiger partial charge is 0.307 e. The molecule has 1 aromatic heterocycles. The number of ether oxygens (including phenoxy) is 1. The summed E-state index contributed by atoms with van der Waals surface area (Å²) in [5, 5.41) is 9.18. The lowest BCUT2D eigenvalue weighted by Crippen LogP contribution is -2.22. The summed E-state index contributed by atoms with van der Waals surface area (Å²) < 4.78 is 12.1. The normalized spacial score (nSPS) is 15.8. The zero-order valence-electron chi connectivity index (χ0n) is 20.2. The van der Waals surface area contributed by atoms with Crippen LogP contribution in [0.15, 0.2) is 57.9 Å². The molecule has 1 aliphatic carbocycles. The third-order valence-corrected chi connectivity index (χ3v) is 7.20. The van der Waals surface area contributed by atoms with Gasteiger partial charge in [0.1, 0.15) is 11.5 Å². The summed E-state index contributed by atoms with van der Waals surface area (Å²) in [7, 11) is 0. The van der Waals surface area contributed by atoms with Crippen molar-refractivity contribution in [2.45, 2.75) is 51.3 Å². The highest BCUT2D eigenvalue weighted by Gasteiger charge is 2.32. The first-order valence-corrected chi connectivity index (χ1v) is 12.8. The van der Waals surface area contributed by atoms with Gasteiger partial charge in [-0.05, 0) is 72.9 Å². The van der Waals surface area contributed by atoms with Crippen LogP contribution in [0.25, 0.3) is 17.0 Å². The van der Waals surface area contributed by atoms with Gasteiger partial charge >= 0.3 is 5.97 Å². The SMILES string of the molecule is CSc1ccc(-c2nc(CCOc3cccc4c3CCC(C)(C)/C4=C/CC(=O)O)c(C)o2)cc1. The van der Waals surface area contributed by atoms with E-state index in [0.717, 1.165) is 52.3 Å². The van der Waals surface area contributed by atoms with E-state index in [-0.39, 0.29) is 11.8 Å². The Morgan fingerprint density at radius 1 is 1.24 bits per heavy atom. The number of carboxylic acid groups (broad SMARTS) is 1. The van der Waals surface area contributed by atoms with E-state index in [9.17, 15) is 9.90 Å². The summed E-state index contributed by atoms with van der Waals surface area (Å²) in [6, 6.07) is 14.3. The fraction of sp³-hybridized carbons (Fsp3) is 0.357. The summed E-state index contributed by atoms with van der Waals surface area (Å²) >= 11 is 1.71. The van der Waals surface area contributed by atoms with Gasteiger partial charge in [-0.25, -0.2) is 4.98 Å². The molecule has 0 saturated heterocycles. The van der Waals surface area contributed by atoms with E-state index in [1.165, 1.54) is 4.90 Å². The molecule has 0 saturated carbocycles. The van der Waals surface area contributed by atoms with Crippen molar-refractivity contribution in [1.82, 2.24) is 4.98 Å². The second-order valence-corrected chi connectivity index (χ2v) is 10.1. The Labute approximate surface area is 205 Å². The minimum absolute atomic E-state index is 0.0249. The fourth-order valence-electron chi connectivity index (χ4n) is 4.50. The highest BCUT2D eigenvalue weighted by molar-refractivity contribution is 7.98. The van der Waals surface area contributed by atoms with Crippen LogP contribution >= 0.6 is 11.8 Å². The topological polar surface area (TPSA) is 72.6 Å². The first kappa shape index (κ1) is 24.1. The van der Waals surface area contributed by atoms with Gasteiger partial charge in [-0.1, -0.05) is 32.1 Å². The van der Waals surface area contributed by atoms with Crippen molar-refractivity contribution in [2.24, 2.45) is 5.41 Å². The summed E-state index contributed by atoms with van der Waals surface area (Å²) in [4.78, 5) is 17.1. The third kappa shape index (κ3) is 5.22. The van der Waals surface area contributed by atoms with Crippen LogP contribution in [0.4, 0.5) is 0 Å². The van der Waals surface area contributed by atoms with Crippen LogP contribution in [-0.2, 0) is 17.6 Å². The number of nitrogens with zero attached hydrogens (tertiary/aromatic N) is 1. The van der Waals surface area contributed by atoms with Gasteiger partial charge in [0.05, 0.1) is 18.7 Å². The first-order valence-electron chi connectivity index (χ1n) is 11.6. The number of hydrogen-bond donors (Lipinski definition) is 1. The van der Waals surface area contributed by atoms with Crippen LogP contribution in [0.3, 0.4) is 0 Å². The summed E-state index contributed by atoms with van der Waals surface area (Å²) in [6.45, 7) is 6.79. The molecule has 3 aromatic rings. The van der Waals surface area contributed by atoms with Crippen molar-refractivity contribution in [3.63, 3.8) is 0 Å². The summed E-state index contributed by atoms with van der Waals surface area (Å²) in [5.41, 5.74) is 5.15. The van der Waals surface area contributed by atoms with E-state index in [0.29, 0.717) is 18.9 Å². The lowest BCUT2D eigenvalue weighted by Gasteiger charge is -2.35. The molecule has 0 unspecified atom stereocenters. The molecule has 1 heterocycles. The standard InChI is InChI=1S/C28H31NO4S/c1-18-24(29-27(33-18)19-8-10-20(34-4)11-9-19)15-17-32-25-7-5-6-21-22(25)14-16-28(2,3)23(21)12-13-26(30)31/h5-12H,13-17H2,1-4H3,(H,30,31)/b23-12+. The number of carbonyl (C=O) groups is 1. The number of fused-ring (bicyclic) bond motifs is 1. The van der Waals surface area contributed by atoms with Crippen molar-refractivity contribution >= 4 is 23.3 Å². The minimum atomic E-state index is -0.814. The van der Waals surface area contributed by atoms with Crippen molar-refractivity contribution in [3.8, 4) is 17.2 Å². The molecule has 6 heteroatoms. The van der Waals surface area contributed by atoms with Crippen LogP contribution in [0.2, 0.25) is 0 Å². The molecule has 2 aromatic carbocycles. The third-order valence-electron chi connectivity index (χ3n) is 6.46. The fourth-order valence-corrected chi connectivity index (χ4v) is 4.91. The van der Waals surface area contributed by atoms with Crippen molar-refractivity contribution in [3.05, 3.63) is 71.1 Å². The zero-order chi connectivity index (χ0) is 24.3. The van der Waals surface area contributed by atoms with Crippen LogP contribution in [-0.4, -0.2) is 28.9 Å². The molecule has 4 rings (SSSR count). The lowest BCUT2D eigenvalue weighted by atomic mass is 9.70. The van der Waals surface area contributed by atoms with E-state index in [1.807, 2.05) is 37.3 Å². The Hall–Kier alpha value is -2.99. The predicted molar refractivity (Wildman–Crippen MR) is 136 cm³/mol. The number of aliphatic carboxylic acids is 1. The zero-order valence-corrected chi connectivity index (χ0v) is 21.0. The highest BCUT2D eigenvalue weighted by Crippen LogP contribution is 2.47. The Bertz CT molecular complexity index is 1210. The van der Waals surface area contributed by atoms with Gasteiger partial charge in [0, 0.05) is 22.4 Å². The Balaban J connectivity index is 1.48. The molecule has 0 fully saturated rings. The van der Waals surface area contributed by atoms with Crippen molar-refractivity contribution < 1.29 is 19.1 Å². The Kier molecular flexibility index (Phi) is 7.17. The molecule has 0 spiro atoms. The van der Waals surface area contributed by atoms with Gasteiger partial charge < -0.3 is 14.3 Å². The number of thioether (sulfide) groups is 1. The van der Waals surface area contributed by atoms with Gasteiger partial charge in [-0.15, -0.1) is 11.8 Å². The number of carboxylic acids is 1. The quantitative estimate of drug-likeness (QED) is 0.359. The van der Waals surface area contributed by atoms with E-state index in [1.54, 1.807) is 11.8 Å². The Morgan fingerprint density at radius 2 is 2.00 bits per heavy atom. The molecule has 178 valence electrons. The lowest BCUT2D eigenvalue weighted by molar-refractivity contribution is -0.136. The van der Waals surface area contributed by atoms with Crippen molar-refractivity contribution in [1.29, 1.82) is 0 Å². The monoisotopic (exact) mass is 477 g/mol.